The molecule has 0 fully saturated rings. The first-order valence-corrected chi connectivity index (χ1v) is 4.24. The van der Waals surface area contributed by atoms with Crippen molar-refractivity contribution >= 4 is 11.6 Å². The predicted molar refractivity (Wildman–Crippen MR) is 46.3 cm³/mol. The molecule has 0 aromatic carbocycles. The molecule has 0 saturated carbocycles. The number of halogens is 5. The second-order valence-corrected chi connectivity index (χ2v) is 3.08. The van der Waals surface area contributed by atoms with E-state index in [2.05, 4.69) is 9.72 Å². The monoisotopic (exact) mass is 260 g/mol. The lowest BCUT2D eigenvalue weighted by Gasteiger charge is -2.15. The van der Waals surface area contributed by atoms with Crippen LogP contribution in [0.1, 0.15) is 0 Å². The number of hydrogen-bond donors (Lipinski definition) is 1. The highest BCUT2D eigenvalue weighted by Gasteiger charge is 2.42. The van der Waals surface area contributed by atoms with Gasteiger partial charge in [0.15, 0.2) is 11.6 Å². The van der Waals surface area contributed by atoms with Gasteiger partial charge < -0.3 is 9.72 Å². The maximum absolute atomic E-state index is 12.4. The van der Waals surface area contributed by atoms with Crippen LogP contribution in [0.2, 0.25) is 5.02 Å². The fraction of sp³-hybridized carbons (Fsp3) is 0.429. The molecule has 0 atom stereocenters. The predicted octanol–water partition coefficient (Wildman–Crippen LogP) is 1.70. The molecule has 1 rings (SSSR count). The Bertz CT molecular complexity index is 423. The average Bonchev–Trinajstić information content (AvgIpc) is 2.20. The Morgan fingerprint density at radius 3 is 2.75 bits per heavy atom. The van der Waals surface area contributed by atoms with E-state index in [1.54, 1.807) is 0 Å². The smallest absolute Gasteiger partial charge is 0.340 e. The van der Waals surface area contributed by atoms with Crippen molar-refractivity contribution in [2.75, 3.05) is 6.61 Å². The maximum atomic E-state index is 12.4. The number of nitrogens with one attached hydrogen (secondary N) is 1. The zero-order valence-corrected chi connectivity index (χ0v) is 8.27. The molecule has 1 heterocycles. The van der Waals surface area contributed by atoms with Gasteiger partial charge in [-0.15, -0.1) is 0 Å². The van der Waals surface area contributed by atoms with Crippen LogP contribution in [0.3, 0.4) is 0 Å². The fourth-order valence-electron chi connectivity index (χ4n) is 0.695. The molecule has 0 bridgehead atoms. The molecule has 4 nitrogen and oxygen atoms in total. The zero-order chi connectivity index (χ0) is 12.3. The van der Waals surface area contributed by atoms with Gasteiger partial charge in [-0.3, -0.25) is 4.79 Å². The number of alkyl halides is 4. The molecule has 0 aliphatic carbocycles. The van der Waals surface area contributed by atoms with Crippen LogP contribution < -0.4 is 10.3 Å². The van der Waals surface area contributed by atoms with Crippen molar-refractivity contribution < 1.29 is 22.3 Å². The van der Waals surface area contributed by atoms with Gasteiger partial charge in [-0.2, -0.15) is 8.78 Å². The summed E-state index contributed by atoms with van der Waals surface area (Å²) in [6.07, 6.45) is -3.02. The third-order valence-corrected chi connectivity index (χ3v) is 1.82. The molecular weight excluding hydrogens is 256 g/mol. The van der Waals surface area contributed by atoms with Crippen LogP contribution in [0.25, 0.3) is 0 Å². The van der Waals surface area contributed by atoms with E-state index in [0.717, 1.165) is 6.33 Å². The Hall–Kier alpha value is -1.31. The van der Waals surface area contributed by atoms with E-state index >= 15 is 0 Å². The summed E-state index contributed by atoms with van der Waals surface area (Å²) in [5, 5.41) is -0.576. The molecule has 0 saturated heterocycles. The third-order valence-electron chi connectivity index (χ3n) is 1.49. The van der Waals surface area contributed by atoms with Gasteiger partial charge in [0.1, 0.15) is 0 Å². The minimum atomic E-state index is -4.33. The van der Waals surface area contributed by atoms with E-state index < -0.39 is 35.4 Å². The van der Waals surface area contributed by atoms with Gasteiger partial charge in [0, 0.05) is 0 Å². The van der Waals surface area contributed by atoms with Gasteiger partial charge in [-0.25, -0.2) is 13.8 Å². The fourth-order valence-corrected chi connectivity index (χ4v) is 0.853. The lowest BCUT2D eigenvalue weighted by atomic mass is 10.4. The van der Waals surface area contributed by atoms with Crippen LogP contribution in [0, 0.1) is 0 Å². The Morgan fingerprint density at radius 2 is 2.19 bits per heavy atom. The minimum Gasteiger partial charge on any atom is -0.470 e. The van der Waals surface area contributed by atoms with Gasteiger partial charge in [-0.1, -0.05) is 11.6 Å². The Balaban J connectivity index is 2.76. The molecule has 9 heteroatoms. The highest BCUT2D eigenvalue weighted by molar-refractivity contribution is 6.31. The highest BCUT2D eigenvalue weighted by atomic mass is 35.5. The Morgan fingerprint density at radius 1 is 1.56 bits per heavy atom. The topological polar surface area (TPSA) is 55.0 Å². The first kappa shape index (κ1) is 12.8. The second-order valence-electron chi connectivity index (χ2n) is 2.70. The van der Waals surface area contributed by atoms with Crippen LogP contribution in [0.5, 0.6) is 5.88 Å². The molecule has 0 spiro atoms. The first-order chi connectivity index (χ1) is 7.34. The van der Waals surface area contributed by atoms with Crippen LogP contribution >= 0.6 is 11.6 Å². The molecule has 0 amide bonds. The molecule has 1 aromatic rings. The molecule has 1 aromatic heterocycles. The standard InChI is InChI=1S/C7H5ClF4N2O2/c8-3-4(15)13-2-14-5(3)16-1-7(11,12)6(9)10/h2,6H,1H2,(H,13,14,15). The number of ether oxygens (including phenoxy) is 1. The van der Waals surface area contributed by atoms with Crippen molar-refractivity contribution in [2.45, 2.75) is 12.3 Å². The summed E-state index contributed by atoms with van der Waals surface area (Å²) < 4.78 is 52.6. The van der Waals surface area contributed by atoms with Gasteiger partial charge in [0.05, 0.1) is 6.33 Å². The van der Waals surface area contributed by atoms with Crippen molar-refractivity contribution in [1.82, 2.24) is 9.97 Å². The SMILES string of the molecule is O=c1[nH]cnc(OCC(F)(F)C(F)F)c1Cl. The van der Waals surface area contributed by atoms with E-state index in [1.807, 2.05) is 4.98 Å². The first-order valence-electron chi connectivity index (χ1n) is 3.86. The molecule has 90 valence electrons. The van der Waals surface area contributed by atoms with Crippen LogP contribution in [-0.4, -0.2) is 28.9 Å². The molecule has 0 aliphatic rings. The van der Waals surface area contributed by atoms with Gasteiger partial charge >= 0.3 is 12.3 Å². The maximum Gasteiger partial charge on any atom is 0.340 e. The third kappa shape index (κ3) is 2.84. The number of nitrogens with zero attached hydrogens (tertiary/aromatic N) is 1. The Kier molecular flexibility index (Phi) is 3.74. The minimum absolute atomic E-state index is 0.576. The van der Waals surface area contributed by atoms with Gasteiger partial charge in [0.2, 0.25) is 5.88 Å². The second kappa shape index (κ2) is 4.69. The summed E-state index contributed by atoms with van der Waals surface area (Å²) in [7, 11) is 0. The van der Waals surface area contributed by atoms with Gasteiger partial charge in [-0.05, 0) is 0 Å². The van der Waals surface area contributed by atoms with E-state index in [4.69, 9.17) is 11.6 Å². The van der Waals surface area contributed by atoms with Crippen LogP contribution in [-0.2, 0) is 0 Å². The molecule has 0 aliphatic heterocycles. The lowest BCUT2D eigenvalue weighted by Crippen LogP contribution is -2.34. The summed E-state index contributed by atoms with van der Waals surface area (Å²) in [5.74, 6) is -4.95. The molecule has 0 radical (unpaired) electrons. The number of aromatic amines is 1. The summed E-state index contributed by atoms with van der Waals surface area (Å²) in [6, 6.07) is 0. The number of rotatable bonds is 4. The summed E-state index contributed by atoms with van der Waals surface area (Å²) in [4.78, 5) is 16.2. The van der Waals surface area contributed by atoms with Crippen molar-refractivity contribution in [3.05, 3.63) is 21.7 Å². The molecule has 0 unspecified atom stereocenters. The molecule has 1 N–H and O–H groups in total. The number of H-pyrrole nitrogens is 1. The normalized spacial score (nSPS) is 11.9. The zero-order valence-electron chi connectivity index (χ0n) is 7.52. The molecular formula is C7H5ClF4N2O2. The van der Waals surface area contributed by atoms with Crippen molar-refractivity contribution in [3.8, 4) is 5.88 Å². The van der Waals surface area contributed by atoms with Crippen molar-refractivity contribution in [3.63, 3.8) is 0 Å². The Labute approximate surface area is 91.2 Å². The number of hydrogen-bond acceptors (Lipinski definition) is 3. The summed E-state index contributed by atoms with van der Waals surface area (Å²) >= 11 is 5.34. The molecule has 16 heavy (non-hydrogen) atoms. The van der Waals surface area contributed by atoms with Crippen molar-refractivity contribution in [2.24, 2.45) is 0 Å². The average molecular weight is 261 g/mol. The van der Waals surface area contributed by atoms with Gasteiger partial charge in [0.25, 0.3) is 5.56 Å². The summed E-state index contributed by atoms with van der Waals surface area (Å²) in [5.41, 5.74) is -0.813. The quantitative estimate of drug-likeness (QED) is 0.839. The van der Waals surface area contributed by atoms with Crippen LogP contribution in [0.4, 0.5) is 17.6 Å². The highest BCUT2D eigenvalue weighted by Crippen LogP contribution is 2.25. The van der Waals surface area contributed by atoms with Crippen LogP contribution in [0.15, 0.2) is 11.1 Å². The van der Waals surface area contributed by atoms with E-state index in [1.165, 1.54) is 0 Å². The van der Waals surface area contributed by atoms with E-state index in [-0.39, 0.29) is 0 Å². The van der Waals surface area contributed by atoms with E-state index in [9.17, 15) is 22.4 Å². The summed E-state index contributed by atoms with van der Waals surface area (Å²) in [6.45, 7) is -1.61. The van der Waals surface area contributed by atoms with E-state index in [0.29, 0.717) is 0 Å². The van der Waals surface area contributed by atoms with Crippen molar-refractivity contribution in [1.29, 1.82) is 0 Å². The lowest BCUT2D eigenvalue weighted by molar-refractivity contribution is -0.148. The largest absolute Gasteiger partial charge is 0.470 e. The number of aromatic nitrogens is 2.